The number of imide groups is 1. The van der Waals surface area contributed by atoms with Crippen molar-refractivity contribution in [3.8, 4) is 16.9 Å². The number of piperazine rings is 1. The van der Waals surface area contributed by atoms with E-state index in [4.69, 9.17) is 4.74 Å². The van der Waals surface area contributed by atoms with Gasteiger partial charge in [-0.25, -0.2) is 0 Å². The lowest BCUT2D eigenvalue weighted by molar-refractivity contribution is -0.137. The van der Waals surface area contributed by atoms with Crippen molar-refractivity contribution in [3.05, 3.63) is 89.5 Å². The molecule has 0 unspecified atom stereocenters. The van der Waals surface area contributed by atoms with Crippen LogP contribution in [0.4, 0.5) is 5.69 Å². The smallest absolute Gasteiger partial charge is 0.257 e. The maximum absolute atomic E-state index is 13.5. The summed E-state index contributed by atoms with van der Waals surface area (Å²) < 4.78 is 5.52. The lowest BCUT2D eigenvalue weighted by Crippen LogP contribution is -2.47. The van der Waals surface area contributed by atoms with Crippen molar-refractivity contribution in [1.82, 2.24) is 9.80 Å². The Morgan fingerprint density at radius 3 is 1.88 bits per heavy atom. The third kappa shape index (κ3) is 5.60. The number of rotatable bonds is 6. The number of anilines is 1. The molecule has 3 aromatic rings. The van der Waals surface area contributed by atoms with E-state index >= 15 is 0 Å². The third-order valence-electron chi connectivity index (χ3n) is 7.77. The Kier molecular flexibility index (Phi) is 10.4. The van der Waals surface area contributed by atoms with Crippen LogP contribution in [0.3, 0.4) is 0 Å². The normalized spacial score (nSPS) is 16.1. The summed E-state index contributed by atoms with van der Waals surface area (Å²) in [5.41, 5.74) is 7.06. The number of nitrogens with zero attached hydrogens (tertiary/aromatic N) is 3. The van der Waals surface area contributed by atoms with Crippen LogP contribution in [0.1, 0.15) is 24.0 Å². The Balaban J connectivity index is 0.00000147. The molecule has 40 heavy (non-hydrogen) atoms. The van der Waals surface area contributed by atoms with E-state index in [1.807, 2.05) is 42.5 Å². The van der Waals surface area contributed by atoms with Crippen molar-refractivity contribution >= 4 is 47.9 Å². The number of hydrogen-bond acceptors (Lipinski definition) is 5. The highest BCUT2D eigenvalue weighted by Crippen LogP contribution is 2.47. The minimum Gasteiger partial charge on any atom is -0.495 e. The molecule has 0 aromatic heterocycles. The fraction of sp³-hybridized carbons (Fsp3) is 0.290. The van der Waals surface area contributed by atoms with Crippen LogP contribution >= 0.6 is 24.8 Å². The van der Waals surface area contributed by atoms with Crippen LogP contribution in [-0.4, -0.2) is 73.5 Å². The van der Waals surface area contributed by atoms with E-state index in [2.05, 4.69) is 40.1 Å². The molecular weight excluding hydrogens is 549 g/mol. The van der Waals surface area contributed by atoms with Gasteiger partial charge in [-0.1, -0.05) is 60.7 Å². The summed E-state index contributed by atoms with van der Waals surface area (Å²) >= 11 is 0. The van der Waals surface area contributed by atoms with Crippen LogP contribution in [0.25, 0.3) is 16.7 Å². The van der Waals surface area contributed by atoms with Crippen molar-refractivity contribution in [3.63, 3.8) is 0 Å². The first kappa shape index (κ1) is 31.2. The standard InChI is InChI=1S/C31H31N3O3.2ClH.H2O/c1-37-28-14-7-6-13-27(28)33-19-17-32(18-20-33)15-8-16-34-29(35)21-26(31(34)36)30-24-11-4-2-9-22(24)23-10-3-5-12-25(23)30;;;/h2-7,9-14H,8,15-21H2,1H3;2*1H;1H2. The van der Waals surface area contributed by atoms with Gasteiger partial charge < -0.3 is 15.1 Å². The Bertz CT molecular complexity index is 1360. The van der Waals surface area contributed by atoms with Crippen molar-refractivity contribution in [2.45, 2.75) is 12.8 Å². The number of amides is 2. The number of likely N-dealkylation sites (tertiary alicyclic amines) is 1. The van der Waals surface area contributed by atoms with Crippen LogP contribution in [-0.2, 0) is 9.59 Å². The van der Waals surface area contributed by atoms with E-state index in [1.54, 1.807) is 7.11 Å². The molecule has 2 amide bonds. The Morgan fingerprint density at radius 2 is 1.27 bits per heavy atom. The number of carbonyl (C=O) groups is 2. The molecule has 6 rings (SSSR count). The largest absolute Gasteiger partial charge is 0.495 e. The zero-order chi connectivity index (χ0) is 25.4. The fourth-order valence-electron chi connectivity index (χ4n) is 5.92. The van der Waals surface area contributed by atoms with Crippen LogP contribution < -0.4 is 9.64 Å². The van der Waals surface area contributed by atoms with Crippen molar-refractivity contribution in [2.24, 2.45) is 0 Å². The average molecular weight is 585 g/mol. The topological polar surface area (TPSA) is 84.6 Å². The molecule has 2 aliphatic heterocycles. The first-order valence-corrected chi connectivity index (χ1v) is 13.0. The third-order valence-corrected chi connectivity index (χ3v) is 7.77. The molecule has 1 aliphatic carbocycles. The molecule has 2 N–H and O–H groups in total. The minimum atomic E-state index is -0.132. The summed E-state index contributed by atoms with van der Waals surface area (Å²) in [4.78, 5) is 32.7. The number of fused-ring (bicyclic) bond motifs is 3. The van der Waals surface area contributed by atoms with E-state index in [9.17, 15) is 9.59 Å². The Morgan fingerprint density at radius 1 is 0.725 bits per heavy atom. The molecule has 9 heteroatoms. The zero-order valence-electron chi connectivity index (χ0n) is 22.5. The quantitative estimate of drug-likeness (QED) is 0.247. The predicted octanol–water partition coefficient (Wildman–Crippen LogP) is 4.47. The zero-order valence-corrected chi connectivity index (χ0v) is 24.1. The molecule has 0 bridgehead atoms. The molecule has 7 nitrogen and oxygen atoms in total. The minimum absolute atomic E-state index is 0. The predicted molar refractivity (Wildman–Crippen MR) is 164 cm³/mol. The first-order valence-electron chi connectivity index (χ1n) is 13.0. The van der Waals surface area contributed by atoms with Crippen molar-refractivity contribution < 1.29 is 19.8 Å². The van der Waals surface area contributed by atoms with Gasteiger partial charge in [0, 0.05) is 38.3 Å². The van der Waals surface area contributed by atoms with E-state index in [0.29, 0.717) is 12.1 Å². The molecule has 2 fully saturated rings. The summed E-state index contributed by atoms with van der Waals surface area (Å²) in [5, 5.41) is 0. The number of para-hydroxylation sites is 2. The van der Waals surface area contributed by atoms with Crippen LogP contribution in [0.5, 0.6) is 5.75 Å². The number of hydrogen-bond donors (Lipinski definition) is 0. The molecule has 0 radical (unpaired) electrons. The second-order valence-electron chi connectivity index (χ2n) is 9.83. The fourth-order valence-corrected chi connectivity index (χ4v) is 5.92. The van der Waals surface area contributed by atoms with E-state index in [-0.39, 0.29) is 48.5 Å². The highest BCUT2D eigenvalue weighted by molar-refractivity contribution is 6.21. The van der Waals surface area contributed by atoms with Gasteiger partial charge in [0.1, 0.15) is 5.75 Å². The summed E-state index contributed by atoms with van der Waals surface area (Å²) in [7, 11) is 1.71. The Labute approximate surface area is 247 Å². The SMILES string of the molecule is COc1ccccc1N1CCN(CCCN2C(=O)CC(=C3c4ccccc4-c4ccccc43)C2=O)CC1.Cl.Cl.O. The number of halogens is 2. The Hall–Kier alpha value is -3.36. The molecule has 3 aromatic carbocycles. The van der Waals surface area contributed by atoms with E-state index < -0.39 is 0 Å². The second kappa shape index (κ2) is 13.3. The van der Waals surface area contributed by atoms with Crippen LogP contribution in [0.15, 0.2) is 78.4 Å². The maximum Gasteiger partial charge on any atom is 0.257 e. The summed E-state index contributed by atoms with van der Waals surface area (Å²) in [6, 6.07) is 24.5. The average Bonchev–Trinajstić information content (AvgIpc) is 3.42. The number of methoxy groups -OCH3 is 1. The summed E-state index contributed by atoms with van der Waals surface area (Å²) in [6.45, 7) is 5.08. The second-order valence-corrected chi connectivity index (χ2v) is 9.83. The maximum atomic E-state index is 13.5. The van der Waals surface area contributed by atoms with Gasteiger partial charge in [-0.3, -0.25) is 19.4 Å². The lowest BCUT2D eigenvalue weighted by Gasteiger charge is -2.36. The first-order chi connectivity index (χ1) is 18.2. The van der Waals surface area contributed by atoms with Gasteiger partial charge in [0.25, 0.3) is 5.91 Å². The monoisotopic (exact) mass is 583 g/mol. The van der Waals surface area contributed by atoms with Gasteiger partial charge in [-0.2, -0.15) is 0 Å². The van der Waals surface area contributed by atoms with Gasteiger partial charge in [0.15, 0.2) is 0 Å². The molecule has 2 heterocycles. The van der Waals surface area contributed by atoms with E-state index in [1.165, 1.54) is 4.90 Å². The van der Waals surface area contributed by atoms with E-state index in [0.717, 1.165) is 78.4 Å². The molecule has 3 aliphatic rings. The molecule has 2 saturated heterocycles. The van der Waals surface area contributed by atoms with Gasteiger partial charge in [0.2, 0.25) is 5.91 Å². The molecular formula is C31H35Cl2N3O4. The van der Waals surface area contributed by atoms with Gasteiger partial charge in [0.05, 0.1) is 19.2 Å². The number of benzene rings is 3. The van der Waals surface area contributed by atoms with Crippen molar-refractivity contribution in [1.29, 1.82) is 0 Å². The lowest BCUT2D eigenvalue weighted by atomic mass is 9.97. The molecule has 212 valence electrons. The van der Waals surface area contributed by atoms with Gasteiger partial charge in [-0.05, 0) is 52.9 Å². The van der Waals surface area contributed by atoms with Gasteiger partial charge >= 0.3 is 0 Å². The highest BCUT2D eigenvalue weighted by atomic mass is 35.5. The van der Waals surface area contributed by atoms with Crippen molar-refractivity contribution in [2.75, 3.05) is 51.3 Å². The molecule has 0 atom stereocenters. The molecule has 0 spiro atoms. The number of ether oxygens (including phenoxy) is 1. The van der Waals surface area contributed by atoms with Gasteiger partial charge in [-0.15, -0.1) is 24.8 Å². The van der Waals surface area contributed by atoms with Crippen LogP contribution in [0.2, 0.25) is 0 Å². The highest BCUT2D eigenvalue weighted by Gasteiger charge is 2.38. The molecule has 0 saturated carbocycles. The van der Waals surface area contributed by atoms with Crippen LogP contribution in [0, 0.1) is 0 Å². The summed E-state index contributed by atoms with van der Waals surface area (Å²) in [5.74, 6) is 0.683. The number of carbonyl (C=O) groups excluding carboxylic acids is 2. The summed E-state index contributed by atoms with van der Waals surface area (Å²) in [6.07, 6.45) is 0.955.